The lowest BCUT2D eigenvalue weighted by Gasteiger charge is -2.47. The van der Waals surface area contributed by atoms with Crippen molar-refractivity contribution in [3.8, 4) is 0 Å². The van der Waals surface area contributed by atoms with E-state index in [2.05, 4.69) is 25.2 Å². The summed E-state index contributed by atoms with van der Waals surface area (Å²) in [6, 6.07) is 13.7. The van der Waals surface area contributed by atoms with Crippen LogP contribution in [0.25, 0.3) is 0 Å². The average Bonchev–Trinajstić information content (AvgIpc) is 2.91. The highest BCUT2D eigenvalue weighted by molar-refractivity contribution is 6.30. The quantitative estimate of drug-likeness (QED) is 0.612. The summed E-state index contributed by atoms with van der Waals surface area (Å²) < 4.78 is 0. The number of nitrogens with one attached hydrogen (secondary N) is 1. The first-order valence-electron chi connectivity index (χ1n) is 11.2. The largest absolute Gasteiger partial charge is 0.326 e. The molecule has 0 saturated heterocycles. The minimum atomic E-state index is -0.281. The van der Waals surface area contributed by atoms with Crippen LogP contribution >= 0.6 is 11.6 Å². The van der Waals surface area contributed by atoms with Crippen LogP contribution in [0.15, 0.2) is 42.5 Å². The Hall–Kier alpha value is -2.33. The average molecular weight is 439 g/mol. The van der Waals surface area contributed by atoms with Crippen LogP contribution in [0.1, 0.15) is 70.4 Å². The third-order valence-electron chi connectivity index (χ3n) is 7.32. The summed E-state index contributed by atoms with van der Waals surface area (Å²) in [7, 11) is 0. The molecule has 164 valence electrons. The van der Waals surface area contributed by atoms with E-state index >= 15 is 0 Å². The predicted octanol–water partition coefficient (Wildman–Crippen LogP) is 6.26. The monoisotopic (exact) mass is 438 g/mol. The first-order valence-corrected chi connectivity index (χ1v) is 11.6. The molecule has 4 nitrogen and oxygen atoms in total. The van der Waals surface area contributed by atoms with Gasteiger partial charge in [-0.3, -0.25) is 9.59 Å². The second-order valence-corrected chi connectivity index (χ2v) is 9.90. The van der Waals surface area contributed by atoms with E-state index in [9.17, 15) is 9.59 Å². The number of rotatable bonds is 4. The second kappa shape index (κ2) is 8.31. The number of hydrogen-bond donors (Lipinski definition) is 1. The fraction of sp³-hybridized carbons (Fsp3) is 0.462. The number of fused-ring (bicyclic) bond motifs is 2. The number of carbonyl (C=O) groups excluding carboxylic acids is 2. The van der Waals surface area contributed by atoms with Crippen LogP contribution in [0.4, 0.5) is 11.4 Å². The summed E-state index contributed by atoms with van der Waals surface area (Å²) in [6.45, 7) is 6.05. The van der Waals surface area contributed by atoms with Crippen molar-refractivity contribution in [3.63, 3.8) is 0 Å². The molecule has 1 saturated carbocycles. The molecule has 1 aliphatic heterocycles. The highest BCUT2D eigenvalue weighted by Crippen LogP contribution is 2.58. The van der Waals surface area contributed by atoms with Gasteiger partial charge < -0.3 is 10.2 Å². The van der Waals surface area contributed by atoms with E-state index in [0.717, 1.165) is 29.8 Å². The third kappa shape index (κ3) is 3.87. The maximum Gasteiger partial charge on any atom is 0.224 e. The molecule has 0 unspecified atom stereocenters. The van der Waals surface area contributed by atoms with Crippen molar-refractivity contribution in [2.24, 2.45) is 0 Å². The number of carbonyl (C=O) groups is 2. The molecule has 1 fully saturated rings. The fourth-order valence-electron chi connectivity index (χ4n) is 5.81. The normalized spacial score (nSPS) is 18.6. The molecule has 0 radical (unpaired) electrons. The Morgan fingerprint density at radius 2 is 1.81 bits per heavy atom. The molecule has 4 rings (SSSR count). The van der Waals surface area contributed by atoms with E-state index in [4.69, 9.17) is 11.6 Å². The summed E-state index contributed by atoms with van der Waals surface area (Å²) in [6.07, 6.45) is 6.77. The number of hydrogen-bond acceptors (Lipinski definition) is 2. The van der Waals surface area contributed by atoms with Crippen LogP contribution in [-0.4, -0.2) is 17.4 Å². The van der Waals surface area contributed by atoms with Crippen molar-refractivity contribution in [2.45, 2.75) is 76.7 Å². The van der Waals surface area contributed by atoms with Crippen molar-refractivity contribution in [2.75, 3.05) is 10.2 Å². The third-order valence-corrected chi connectivity index (χ3v) is 7.55. The van der Waals surface area contributed by atoms with Gasteiger partial charge in [0.05, 0.1) is 5.54 Å². The summed E-state index contributed by atoms with van der Waals surface area (Å²) in [5.41, 5.74) is 3.72. The van der Waals surface area contributed by atoms with Gasteiger partial charge in [0.2, 0.25) is 11.8 Å². The smallest absolute Gasteiger partial charge is 0.224 e. The highest BCUT2D eigenvalue weighted by Gasteiger charge is 2.57. The van der Waals surface area contributed by atoms with Crippen molar-refractivity contribution < 1.29 is 9.59 Å². The Morgan fingerprint density at radius 3 is 2.48 bits per heavy atom. The number of benzene rings is 2. The Labute approximate surface area is 190 Å². The molecule has 31 heavy (non-hydrogen) atoms. The minimum absolute atomic E-state index is 0.0155. The molecule has 0 atom stereocenters. The van der Waals surface area contributed by atoms with Gasteiger partial charge in [0.15, 0.2) is 0 Å². The van der Waals surface area contributed by atoms with Crippen LogP contribution in [0.2, 0.25) is 5.02 Å². The SMILES string of the molecule is CC(=O)N1c2ccc(NC(=O)CCc3cccc(Cl)c3)cc2C2(CCCCC2)C1(C)C. The molecule has 1 N–H and O–H groups in total. The van der Waals surface area contributed by atoms with Crippen LogP contribution in [-0.2, 0) is 21.4 Å². The topological polar surface area (TPSA) is 49.4 Å². The van der Waals surface area contributed by atoms with Crippen LogP contribution in [0.3, 0.4) is 0 Å². The zero-order valence-corrected chi connectivity index (χ0v) is 19.4. The molecule has 0 aromatic heterocycles. The maximum absolute atomic E-state index is 12.6. The van der Waals surface area contributed by atoms with Gasteiger partial charge >= 0.3 is 0 Å². The summed E-state index contributed by atoms with van der Waals surface area (Å²) in [5, 5.41) is 3.76. The number of nitrogens with zero attached hydrogens (tertiary/aromatic N) is 1. The molecular formula is C26H31ClN2O2. The standard InChI is InChI=1S/C26H31ClN2O2/c1-18(30)29-23-12-11-21(28-24(31)13-10-19-8-7-9-20(27)16-19)17-22(23)26(25(29,2)3)14-5-4-6-15-26/h7-9,11-12,16-17H,4-6,10,13-15H2,1-3H3,(H,28,31). The van der Waals surface area contributed by atoms with Gasteiger partial charge in [-0.25, -0.2) is 0 Å². The molecule has 2 aromatic rings. The Morgan fingerprint density at radius 1 is 1.06 bits per heavy atom. The van der Waals surface area contributed by atoms with Gasteiger partial charge in [0.1, 0.15) is 0 Å². The first kappa shape index (κ1) is 21.9. The highest BCUT2D eigenvalue weighted by atomic mass is 35.5. The number of aryl methyl sites for hydroxylation is 1. The van der Waals surface area contributed by atoms with E-state index in [-0.39, 0.29) is 22.8 Å². The fourth-order valence-corrected chi connectivity index (χ4v) is 6.02. The van der Waals surface area contributed by atoms with Gasteiger partial charge in [0, 0.05) is 35.2 Å². The first-order chi connectivity index (χ1) is 14.7. The zero-order chi connectivity index (χ0) is 22.2. The van der Waals surface area contributed by atoms with E-state index in [1.165, 1.54) is 24.8 Å². The molecular weight excluding hydrogens is 408 g/mol. The number of amides is 2. The lowest BCUT2D eigenvalue weighted by atomic mass is 9.61. The Bertz CT molecular complexity index is 1010. The van der Waals surface area contributed by atoms with E-state index in [1.54, 1.807) is 6.92 Å². The zero-order valence-electron chi connectivity index (χ0n) is 18.6. The second-order valence-electron chi connectivity index (χ2n) is 9.47. The molecule has 0 bridgehead atoms. The number of halogens is 1. The van der Waals surface area contributed by atoms with Crippen molar-refractivity contribution in [1.82, 2.24) is 0 Å². The summed E-state index contributed by atoms with van der Waals surface area (Å²) in [5.74, 6) is 0.0605. The summed E-state index contributed by atoms with van der Waals surface area (Å²) in [4.78, 5) is 27.2. The van der Waals surface area contributed by atoms with E-state index in [0.29, 0.717) is 17.9 Å². The van der Waals surface area contributed by atoms with Gasteiger partial charge in [-0.05, 0) is 74.6 Å². The van der Waals surface area contributed by atoms with Gasteiger partial charge in [-0.15, -0.1) is 0 Å². The Kier molecular flexibility index (Phi) is 5.87. The van der Waals surface area contributed by atoms with Crippen molar-refractivity contribution >= 4 is 34.8 Å². The lowest BCUT2D eigenvalue weighted by molar-refractivity contribution is -0.118. The Balaban J connectivity index is 1.58. The molecule has 1 heterocycles. The number of anilines is 2. The van der Waals surface area contributed by atoms with Crippen LogP contribution in [0.5, 0.6) is 0 Å². The minimum Gasteiger partial charge on any atom is -0.326 e. The van der Waals surface area contributed by atoms with E-state index in [1.807, 2.05) is 41.3 Å². The van der Waals surface area contributed by atoms with Gasteiger partial charge in [-0.2, -0.15) is 0 Å². The maximum atomic E-state index is 12.6. The molecule has 2 aliphatic rings. The molecule has 1 spiro atoms. The molecule has 2 amide bonds. The molecule has 5 heteroatoms. The predicted molar refractivity (Wildman–Crippen MR) is 127 cm³/mol. The lowest BCUT2D eigenvalue weighted by Crippen LogP contribution is -2.56. The molecule has 1 aliphatic carbocycles. The van der Waals surface area contributed by atoms with E-state index < -0.39 is 0 Å². The molecule has 2 aromatic carbocycles. The van der Waals surface area contributed by atoms with Crippen molar-refractivity contribution in [3.05, 3.63) is 58.6 Å². The van der Waals surface area contributed by atoms with Crippen LogP contribution < -0.4 is 10.2 Å². The summed E-state index contributed by atoms with van der Waals surface area (Å²) >= 11 is 6.04. The van der Waals surface area contributed by atoms with Gasteiger partial charge in [-0.1, -0.05) is 43.0 Å². The van der Waals surface area contributed by atoms with Crippen LogP contribution in [0, 0.1) is 0 Å². The van der Waals surface area contributed by atoms with Crippen molar-refractivity contribution in [1.29, 1.82) is 0 Å². The van der Waals surface area contributed by atoms with Gasteiger partial charge in [0.25, 0.3) is 0 Å².